The van der Waals surface area contributed by atoms with Gasteiger partial charge in [0.05, 0.1) is 0 Å². The summed E-state index contributed by atoms with van der Waals surface area (Å²) in [7, 11) is 0. The van der Waals surface area contributed by atoms with E-state index in [1.807, 2.05) is 26.0 Å². The van der Waals surface area contributed by atoms with Gasteiger partial charge in [0.25, 0.3) is 0 Å². The smallest absolute Gasteiger partial charge is 0.169 e. The van der Waals surface area contributed by atoms with Gasteiger partial charge in [0.1, 0.15) is 0 Å². The first-order valence-corrected chi connectivity index (χ1v) is 7.84. The highest BCUT2D eigenvalue weighted by atomic mass is 35.5. The van der Waals surface area contributed by atoms with Crippen molar-refractivity contribution in [2.75, 3.05) is 19.8 Å². The highest BCUT2D eigenvalue weighted by molar-refractivity contribution is 6.30. The fourth-order valence-electron chi connectivity index (χ4n) is 2.42. The van der Waals surface area contributed by atoms with Gasteiger partial charge in [0.15, 0.2) is 6.29 Å². The van der Waals surface area contributed by atoms with E-state index in [1.54, 1.807) is 0 Å². The lowest BCUT2D eigenvalue weighted by molar-refractivity contribution is -0.134. The molecule has 3 nitrogen and oxygen atoms in total. The molecule has 0 aromatic heterocycles. The van der Waals surface area contributed by atoms with Gasteiger partial charge in [-0.2, -0.15) is 0 Å². The summed E-state index contributed by atoms with van der Waals surface area (Å²) in [4.78, 5) is 0. The molecule has 0 amide bonds. The molecule has 4 heteroatoms. The third kappa shape index (κ3) is 4.74. The average Bonchev–Trinajstić information content (AvgIpc) is 3.26. The van der Waals surface area contributed by atoms with Crippen molar-refractivity contribution >= 4 is 11.6 Å². The van der Waals surface area contributed by atoms with Gasteiger partial charge in [-0.25, -0.2) is 0 Å². The van der Waals surface area contributed by atoms with Gasteiger partial charge >= 0.3 is 0 Å². The SMILES string of the molecule is CCOC(CNC(c1ccc(Cl)cc1)C1CC1)OCC. The number of hydrogen-bond acceptors (Lipinski definition) is 3. The van der Waals surface area contributed by atoms with E-state index in [0.717, 1.165) is 10.9 Å². The Morgan fingerprint density at radius 1 is 1.15 bits per heavy atom. The van der Waals surface area contributed by atoms with E-state index in [9.17, 15) is 0 Å². The molecule has 1 atom stereocenters. The molecular formula is C16H24ClNO2. The van der Waals surface area contributed by atoms with E-state index < -0.39 is 0 Å². The minimum Gasteiger partial charge on any atom is -0.352 e. The average molecular weight is 298 g/mol. The summed E-state index contributed by atoms with van der Waals surface area (Å²) in [5.74, 6) is 0.722. The van der Waals surface area contributed by atoms with Gasteiger partial charge in [-0.05, 0) is 50.3 Å². The fraction of sp³-hybridized carbons (Fsp3) is 0.625. The molecule has 1 aromatic carbocycles. The van der Waals surface area contributed by atoms with Crippen LogP contribution in [0.4, 0.5) is 0 Å². The summed E-state index contributed by atoms with van der Waals surface area (Å²) < 4.78 is 11.2. The molecule has 112 valence electrons. The standard InChI is InChI=1S/C16H24ClNO2/c1-3-19-15(20-4-2)11-18-16(12-5-6-12)13-7-9-14(17)10-8-13/h7-10,12,15-16,18H,3-6,11H2,1-2H3. The van der Waals surface area contributed by atoms with E-state index in [0.29, 0.717) is 25.8 Å². The predicted octanol–water partition coefficient (Wildman–Crippen LogP) is 3.78. The Morgan fingerprint density at radius 3 is 2.25 bits per heavy atom. The van der Waals surface area contributed by atoms with E-state index in [-0.39, 0.29) is 6.29 Å². The topological polar surface area (TPSA) is 30.5 Å². The van der Waals surface area contributed by atoms with Crippen LogP contribution in [0.5, 0.6) is 0 Å². The van der Waals surface area contributed by atoms with Crippen LogP contribution in [0.1, 0.15) is 38.3 Å². The molecule has 0 heterocycles. The second-order valence-electron chi connectivity index (χ2n) is 5.12. The lowest BCUT2D eigenvalue weighted by Gasteiger charge is -2.23. The molecule has 1 unspecified atom stereocenters. The third-order valence-corrected chi connectivity index (χ3v) is 3.78. The van der Waals surface area contributed by atoms with Crippen LogP contribution in [-0.2, 0) is 9.47 Å². The second kappa shape index (κ2) is 7.99. The Balaban J connectivity index is 1.93. The molecule has 0 radical (unpaired) electrons. The highest BCUT2D eigenvalue weighted by Gasteiger charge is 2.32. The van der Waals surface area contributed by atoms with Crippen LogP contribution in [0.15, 0.2) is 24.3 Å². The maximum Gasteiger partial charge on any atom is 0.169 e. The third-order valence-electron chi connectivity index (χ3n) is 3.53. The first kappa shape index (κ1) is 15.8. The largest absolute Gasteiger partial charge is 0.352 e. The van der Waals surface area contributed by atoms with Gasteiger partial charge in [-0.1, -0.05) is 23.7 Å². The minimum atomic E-state index is -0.168. The molecule has 1 aliphatic rings. The van der Waals surface area contributed by atoms with Crippen LogP contribution in [0.25, 0.3) is 0 Å². The molecule has 0 bridgehead atoms. The predicted molar refractivity (Wildman–Crippen MR) is 82.0 cm³/mol. The molecule has 0 spiro atoms. The first-order chi connectivity index (χ1) is 9.74. The van der Waals surface area contributed by atoms with Crippen molar-refractivity contribution in [2.24, 2.45) is 5.92 Å². The van der Waals surface area contributed by atoms with Crippen molar-refractivity contribution in [3.8, 4) is 0 Å². The normalized spacial score (nSPS) is 16.6. The van der Waals surface area contributed by atoms with Crippen molar-refractivity contribution in [1.82, 2.24) is 5.32 Å². The Bertz CT molecular complexity index is 386. The highest BCUT2D eigenvalue weighted by Crippen LogP contribution is 2.41. The summed E-state index contributed by atoms with van der Waals surface area (Å²) in [6.45, 7) is 6.03. The lowest BCUT2D eigenvalue weighted by atomic mass is 10.0. The number of rotatable bonds is 9. The zero-order valence-corrected chi connectivity index (χ0v) is 13.0. The summed E-state index contributed by atoms with van der Waals surface area (Å²) in [6.07, 6.45) is 2.40. The summed E-state index contributed by atoms with van der Waals surface area (Å²) >= 11 is 5.96. The molecule has 2 rings (SSSR count). The summed E-state index contributed by atoms with van der Waals surface area (Å²) in [5.41, 5.74) is 1.30. The Hall–Kier alpha value is -0.610. The van der Waals surface area contributed by atoms with Gasteiger partial charge in [0, 0.05) is 30.8 Å². The van der Waals surface area contributed by atoms with Gasteiger partial charge < -0.3 is 14.8 Å². The fourth-order valence-corrected chi connectivity index (χ4v) is 2.54. The number of halogens is 1. The van der Waals surface area contributed by atoms with E-state index in [2.05, 4.69) is 17.4 Å². The summed E-state index contributed by atoms with van der Waals surface area (Å²) in [6, 6.07) is 8.49. The van der Waals surface area contributed by atoms with E-state index >= 15 is 0 Å². The molecule has 20 heavy (non-hydrogen) atoms. The molecule has 1 aromatic rings. The maximum atomic E-state index is 5.96. The molecule has 1 fully saturated rings. The number of ether oxygens (including phenoxy) is 2. The van der Waals surface area contributed by atoms with Crippen molar-refractivity contribution in [2.45, 2.75) is 39.0 Å². The van der Waals surface area contributed by atoms with E-state index in [4.69, 9.17) is 21.1 Å². The maximum absolute atomic E-state index is 5.96. The lowest BCUT2D eigenvalue weighted by Crippen LogP contribution is -2.34. The van der Waals surface area contributed by atoms with Gasteiger partial charge in [-0.15, -0.1) is 0 Å². The zero-order valence-electron chi connectivity index (χ0n) is 12.3. The van der Waals surface area contributed by atoms with Crippen LogP contribution in [0, 0.1) is 5.92 Å². The van der Waals surface area contributed by atoms with Crippen molar-refractivity contribution in [1.29, 1.82) is 0 Å². The number of benzene rings is 1. The van der Waals surface area contributed by atoms with Gasteiger partial charge in [-0.3, -0.25) is 0 Å². The van der Waals surface area contributed by atoms with Crippen molar-refractivity contribution < 1.29 is 9.47 Å². The quantitative estimate of drug-likeness (QED) is 0.704. The molecule has 1 saturated carbocycles. The second-order valence-corrected chi connectivity index (χ2v) is 5.55. The molecule has 1 aliphatic carbocycles. The minimum absolute atomic E-state index is 0.168. The monoisotopic (exact) mass is 297 g/mol. The van der Waals surface area contributed by atoms with E-state index in [1.165, 1.54) is 18.4 Å². The molecular weight excluding hydrogens is 274 g/mol. The number of nitrogens with one attached hydrogen (secondary N) is 1. The summed E-state index contributed by atoms with van der Waals surface area (Å²) in [5, 5.41) is 4.38. The van der Waals surface area contributed by atoms with Crippen LogP contribution in [0.2, 0.25) is 5.02 Å². The van der Waals surface area contributed by atoms with Crippen molar-refractivity contribution in [3.63, 3.8) is 0 Å². The van der Waals surface area contributed by atoms with Crippen LogP contribution in [-0.4, -0.2) is 26.0 Å². The van der Waals surface area contributed by atoms with Gasteiger partial charge in [0.2, 0.25) is 0 Å². The first-order valence-electron chi connectivity index (χ1n) is 7.46. The van der Waals surface area contributed by atoms with Crippen molar-refractivity contribution in [3.05, 3.63) is 34.9 Å². The number of hydrogen-bond donors (Lipinski definition) is 1. The van der Waals surface area contributed by atoms with Crippen LogP contribution >= 0.6 is 11.6 Å². The molecule has 0 aliphatic heterocycles. The zero-order chi connectivity index (χ0) is 14.4. The van der Waals surface area contributed by atoms with Crippen LogP contribution < -0.4 is 5.32 Å². The molecule has 0 saturated heterocycles. The Morgan fingerprint density at radius 2 is 1.75 bits per heavy atom. The Labute approximate surface area is 126 Å². The van der Waals surface area contributed by atoms with Crippen LogP contribution in [0.3, 0.4) is 0 Å². The molecule has 1 N–H and O–H groups in total. The Kier molecular flexibility index (Phi) is 6.30.